The van der Waals surface area contributed by atoms with Gasteiger partial charge in [-0.1, -0.05) is 25.1 Å². The number of thioether (sulfide) groups is 1. The van der Waals surface area contributed by atoms with Crippen LogP contribution in [0.15, 0.2) is 35.2 Å². The normalized spacial score (nSPS) is 20.1. The van der Waals surface area contributed by atoms with Crippen molar-refractivity contribution in [1.82, 2.24) is 10.2 Å². The van der Waals surface area contributed by atoms with E-state index < -0.39 is 0 Å². The van der Waals surface area contributed by atoms with E-state index in [4.69, 9.17) is 0 Å². The van der Waals surface area contributed by atoms with Gasteiger partial charge in [0.25, 0.3) is 0 Å². The Labute approximate surface area is 131 Å². The van der Waals surface area contributed by atoms with Crippen molar-refractivity contribution in [3.8, 4) is 0 Å². The van der Waals surface area contributed by atoms with Gasteiger partial charge in [0.15, 0.2) is 0 Å². The van der Waals surface area contributed by atoms with Crippen LogP contribution in [0.25, 0.3) is 0 Å². The van der Waals surface area contributed by atoms with E-state index in [1.807, 2.05) is 23.1 Å². The second-order valence-electron chi connectivity index (χ2n) is 4.97. The molecule has 2 unspecified atom stereocenters. The summed E-state index contributed by atoms with van der Waals surface area (Å²) >= 11 is 1.68. The first kappa shape index (κ1) is 17.3. The zero-order chi connectivity index (χ0) is 13.7. The van der Waals surface area contributed by atoms with E-state index in [2.05, 4.69) is 31.3 Å². The summed E-state index contributed by atoms with van der Waals surface area (Å²) in [6.07, 6.45) is 0.872. The van der Waals surface area contributed by atoms with Gasteiger partial charge >= 0.3 is 0 Å². The fourth-order valence-corrected chi connectivity index (χ4v) is 3.37. The summed E-state index contributed by atoms with van der Waals surface area (Å²) in [7, 11) is 0. The molecule has 1 saturated heterocycles. The smallest absolute Gasteiger partial charge is 0.236 e. The maximum absolute atomic E-state index is 12.6. The van der Waals surface area contributed by atoms with E-state index >= 15 is 0 Å². The third kappa shape index (κ3) is 4.69. The van der Waals surface area contributed by atoms with Gasteiger partial charge in [-0.15, -0.1) is 24.2 Å². The van der Waals surface area contributed by atoms with Gasteiger partial charge in [-0.05, 0) is 25.5 Å². The SMILES string of the molecule is CCC(Sc1ccccc1)C(=O)N1CCNC(C)C1.Cl. The lowest BCUT2D eigenvalue weighted by molar-refractivity contribution is -0.131. The van der Waals surface area contributed by atoms with E-state index in [0.29, 0.717) is 6.04 Å². The van der Waals surface area contributed by atoms with Crippen molar-refractivity contribution < 1.29 is 4.79 Å². The van der Waals surface area contributed by atoms with Crippen LogP contribution in [0, 0.1) is 0 Å². The van der Waals surface area contributed by atoms with Crippen LogP contribution in [0.5, 0.6) is 0 Å². The number of hydrogen-bond acceptors (Lipinski definition) is 3. The Kier molecular flexibility index (Phi) is 7.41. The monoisotopic (exact) mass is 314 g/mol. The number of halogens is 1. The number of hydrogen-bond donors (Lipinski definition) is 1. The van der Waals surface area contributed by atoms with E-state index in [1.165, 1.54) is 4.90 Å². The van der Waals surface area contributed by atoms with Crippen molar-refractivity contribution in [2.75, 3.05) is 19.6 Å². The van der Waals surface area contributed by atoms with Crippen LogP contribution in [-0.4, -0.2) is 41.7 Å². The number of rotatable bonds is 4. The Hall–Kier alpha value is -0.710. The lowest BCUT2D eigenvalue weighted by Gasteiger charge is -2.34. The zero-order valence-electron chi connectivity index (χ0n) is 12.0. The summed E-state index contributed by atoms with van der Waals surface area (Å²) in [5.41, 5.74) is 0. The molecule has 0 spiro atoms. The minimum absolute atomic E-state index is 0. The molecule has 1 heterocycles. The second-order valence-corrected chi connectivity index (χ2v) is 6.24. The Morgan fingerprint density at radius 1 is 1.45 bits per heavy atom. The van der Waals surface area contributed by atoms with Crippen LogP contribution < -0.4 is 5.32 Å². The number of amides is 1. The number of benzene rings is 1. The molecular weight excluding hydrogens is 292 g/mol. The molecule has 1 aliphatic heterocycles. The van der Waals surface area contributed by atoms with Crippen LogP contribution in [0.3, 0.4) is 0 Å². The molecule has 1 fully saturated rings. The van der Waals surface area contributed by atoms with Gasteiger partial charge < -0.3 is 10.2 Å². The highest BCUT2D eigenvalue weighted by Gasteiger charge is 2.26. The van der Waals surface area contributed by atoms with Gasteiger partial charge in [0, 0.05) is 30.6 Å². The Bertz CT molecular complexity index is 416. The maximum Gasteiger partial charge on any atom is 0.236 e. The molecule has 0 bridgehead atoms. The molecule has 1 aromatic rings. The van der Waals surface area contributed by atoms with Gasteiger partial charge in [-0.2, -0.15) is 0 Å². The topological polar surface area (TPSA) is 32.3 Å². The van der Waals surface area contributed by atoms with E-state index in [1.54, 1.807) is 11.8 Å². The van der Waals surface area contributed by atoms with Crippen LogP contribution in [0.1, 0.15) is 20.3 Å². The summed E-state index contributed by atoms with van der Waals surface area (Å²) < 4.78 is 0. The third-order valence-corrected chi connectivity index (χ3v) is 4.71. The first-order chi connectivity index (χ1) is 9.20. The number of piperazine rings is 1. The van der Waals surface area contributed by atoms with Crippen molar-refractivity contribution in [2.24, 2.45) is 0 Å². The molecule has 0 aliphatic carbocycles. The lowest BCUT2D eigenvalue weighted by atomic mass is 10.2. The molecule has 1 aliphatic rings. The van der Waals surface area contributed by atoms with E-state index in [-0.39, 0.29) is 23.6 Å². The Morgan fingerprint density at radius 3 is 2.75 bits per heavy atom. The van der Waals surface area contributed by atoms with Gasteiger partial charge in [-0.25, -0.2) is 0 Å². The number of nitrogens with one attached hydrogen (secondary N) is 1. The fraction of sp³-hybridized carbons (Fsp3) is 0.533. The van der Waals surface area contributed by atoms with Crippen LogP contribution in [0.4, 0.5) is 0 Å². The molecule has 0 saturated carbocycles. The first-order valence-electron chi connectivity index (χ1n) is 6.94. The molecule has 0 radical (unpaired) electrons. The van der Waals surface area contributed by atoms with Crippen molar-refractivity contribution in [2.45, 2.75) is 36.5 Å². The Balaban J connectivity index is 0.00000200. The largest absolute Gasteiger partial charge is 0.339 e. The van der Waals surface area contributed by atoms with Crippen molar-refractivity contribution in [3.05, 3.63) is 30.3 Å². The van der Waals surface area contributed by atoms with Crippen molar-refractivity contribution in [3.63, 3.8) is 0 Å². The molecule has 5 heteroatoms. The molecule has 0 aromatic heterocycles. The summed E-state index contributed by atoms with van der Waals surface area (Å²) in [6.45, 7) is 6.77. The lowest BCUT2D eigenvalue weighted by Crippen LogP contribution is -2.53. The van der Waals surface area contributed by atoms with Gasteiger partial charge in [0.1, 0.15) is 0 Å². The summed E-state index contributed by atoms with van der Waals surface area (Å²) in [5, 5.41) is 3.41. The zero-order valence-corrected chi connectivity index (χ0v) is 13.7. The minimum atomic E-state index is 0. The predicted molar refractivity (Wildman–Crippen MR) is 87.7 cm³/mol. The third-order valence-electron chi connectivity index (χ3n) is 3.35. The highest BCUT2D eigenvalue weighted by atomic mass is 35.5. The second kappa shape index (κ2) is 8.55. The van der Waals surface area contributed by atoms with Gasteiger partial charge in [0.05, 0.1) is 5.25 Å². The molecule has 1 N–H and O–H groups in total. The maximum atomic E-state index is 12.6. The molecular formula is C15H23ClN2OS. The average molecular weight is 315 g/mol. The average Bonchev–Trinajstić information content (AvgIpc) is 2.45. The molecule has 3 nitrogen and oxygen atoms in total. The van der Waals surface area contributed by atoms with Gasteiger partial charge in [-0.3, -0.25) is 4.79 Å². The minimum Gasteiger partial charge on any atom is -0.339 e. The number of carbonyl (C=O) groups is 1. The standard InChI is InChI=1S/C15H22N2OS.ClH/c1-3-14(19-13-7-5-4-6-8-13)15(18)17-10-9-16-12(2)11-17;/h4-8,12,14,16H,3,9-11H2,1-2H3;1H. The fourth-order valence-electron chi connectivity index (χ4n) is 2.31. The molecule has 2 atom stereocenters. The highest BCUT2D eigenvalue weighted by molar-refractivity contribution is 8.00. The van der Waals surface area contributed by atoms with Crippen molar-refractivity contribution in [1.29, 1.82) is 0 Å². The highest BCUT2D eigenvalue weighted by Crippen LogP contribution is 2.26. The molecule has 1 aromatic carbocycles. The van der Waals surface area contributed by atoms with E-state index in [9.17, 15) is 4.79 Å². The predicted octanol–water partition coefficient (Wildman–Crippen LogP) is 2.80. The quantitative estimate of drug-likeness (QED) is 0.867. The summed E-state index contributed by atoms with van der Waals surface area (Å²) in [6, 6.07) is 10.6. The summed E-state index contributed by atoms with van der Waals surface area (Å²) in [4.78, 5) is 15.7. The molecule has 112 valence electrons. The number of carbonyl (C=O) groups excluding carboxylic acids is 1. The van der Waals surface area contributed by atoms with Gasteiger partial charge in [0.2, 0.25) is 5.91 Å². The number of nitrogens with zero attached hydrogens (tertiary/aromatic N) is 1. The summed E-state index contributed by atoms with van der Waals surface area (Å²) in [5.74, 6) is 0.282. The molecule has 20 heavy (non-hydrogen) atoms. The van der Waals surface area contributed by atoms with Crippen LogP contribution in [0.2, 0.25) is 0 Å². The van der Waals surface area contributed by atoms with E-state index in [0.717, 1.165) is 26.1 Å². The van der Waals surface area contributed by atoms with Crippen LogP contribution >= 0.6 is 24.2 Å². The Morgan fingerprint density at radius 2 is 2.15 bits per heavy atom. The van der Waals surface area contributed by atoms with Crippen LogP contribution in [-0.2, 0) is 4.79 Å². The van der Waals surface area contributed by atoms with Crippen molar-refractivity contribution >= 4 is 30.1 Å². The molecule has 2 rings (SSSR count). The molecule has 1 amide bonds. The first-order valence-corrected chi connectivity index (χ1v) is 7.82.